The number of halogens is 1. The van der Waals surface area contributed by atoms with E-state index in [4.69, 9.17) is 5.10 Å². The third-order valence-electron chi connectivity index (χ3n) is 10.2. The molecule has 0 aliphatic heterocycles. The molecule has 4 heteroatoms. The molecule has 9 aromatic rings. The molecular weight excluding hydrogens is 614 g/mol. The maximum Gasteiger partial charge on any atom is 0.123 e. The first-order valence-corrected chi connectivity index (χ1v) is 17.3. The Morgan fingerprint density at radius 2 is 1.16 bits per heavy atom. The number of nitrogens with zero attached hydrogens (tertiary/aromatic N) is 3. The van der Waals surface area contributed by atoms with Crippen LogP contribution in [0.3, 0.4) is 0 Å². The largest absolute Gasteiger partial charge is 0.309 e. The van der Waals surface area contributed by atoms with Gasteiger partial charge < -0.3 is 4.90 Å². The van der Waals surface area contributed by atoms with Gasteiger partial charge in [-0.3, -0.25) is 0 Å². The van der Waals surface area contributed by atoms with Crippen LogP contribution in [-0.4, -0.2) is 9.61 Å². The van der Waals surface area contributed by atoms with Gasteiger partial charge in [0.15, 0.2) is 0 Å². The van der Waals surface area contributed by atoms with Crippen molar-refractivity contribution >= 4 is 54.9 Å². The molecule has 2 aromatic heterocycles. The molecule has 50 heavy (non-hydrogen) atoms. The summed E-state index contributed by atoms with van der Waals surface area (Å²) >= 11 is 0. The first-order chi connectivity index (χ1) is 24.7. The second kappa shape index (κ2) is 11.4. The van der Waals surface area contributed by atoms with Crippen molar-refractivity contribution < 1.29 is 4.39 Å². The van der Waals surface area contributed by atoms with Crippen molar-refractivity contribution in [1.29, 1.82) is 0 Å². The first-order valence-electron chi connectivity index (χ1n) is 17.3. The molecule has 1 fully saturated rings. The molecule has 1 saturated carbocycles. The number of rotatable bonds is 6. The number of pyridine rings is 1. The fraction of sp³-hybridized carbons (Fsp3) is 0.0652. The van der Waals surface area contributed by atoms with Crippen LogP contribution >= 0.6 is 0 Å². The highest BCUT2D eigenvalue weighted by Gasteiger charge is 2.30. The van der Waals surface area contributed by atoms with Gasteiger partial charge >= 0.3 is 0 Å². The van der Waals surface area contributed by atoms with E-state index < -0.39 is 0 Å². The molecule has 7 aromatic carbocycles. The fourth-order valence-corrected chi connectivity index (χ4v) is 7.68. The minimum atomic E-state index is -0.220. The first kappa shape index (κ1) is 28.7. The highest BCUT2D eigenvalue weighted by atomic mass is 19.1. The lowest BCUT2D eigenvalue weighted by atomic mass is 9.96. The van der Waals surface area contributed by atoms with Crippen molar-refractivity contribution in [3.63, 3.8) is 0 Å². The van der Waals surface area contributed by atoms with Gasteiger partial charge in [0.05, 0.1) is 16.9 Å². The third-order valence-corrected chi connectivity index (χ3v) is 10.2. The molecule has 2 heterocycles. The SMILES string of the molecule is Fc1ccc2c(c1)cc(C1CC1)n1nc(-c3ccc(N(c4cccc5ccccc45)c4cccc5ccccc45)cc3)c(-c3ccccc3)c21. The Kier molecular flexibility index (Phi) is 6.56. The summed E-state index contributed by atoms with van der Waals surface area (Å²) in [6, 6.07) is 56.8. The minimum Gasteiger partial charge on any atom is -0.309 e. The summed E-state index contributed by atoms with van der Waals surface area (Å²) < 4.78 is 16.7. The zero-order chi connectivity index (χ0) is 33.2. The Morgan fingerprint density at radius 1 is 0.540 bits per heavy atom. The lowest BCUT2D eigenvalue weighted by Crippen LogP contribution is -2.11. The van der Waals surface area contributed by atoms with Crippen LogP contribution in [0.15, 0.2) is 164 Å². The summed E-state index contributed by atoms with van der Waals surface area (Å²) in [6.45, 7) is 0. The standard InChI is InChI=1S/C46H32FN3/c47-36-24-27-40-35(28-36)29-43(32-20-21-32)50-46(40)44(33-12-2-1-3-13-33)45(48-50)34-22-25-37(26-23-34)49(41-18-8-14-30-10-4-6-16-38(30)41)42-19-9-15-31-11-5-7-17-39(31)42/h1-19,22-29,32H,20-21H2. The third kappa shape index (κ3) is 4.67. The molecule has 10 rings (SSSR count). The Labute approximate surface area is 289 Å². The lowest BCUT2D eigenvalue weighted by Gasteiger charge is -2.28. The summed E-state index contributed by atoms with van der Waals surface area (Å²) in [4.78, 5) is 2.38. The van der Waals surface area contributed by atoms with Gasteiger partial charge in [-0.05, 0) is 83.1 Å². The van der Waals surface area contributed by atoms with Gasteiger partial charge in [0.25, 0.3) is 0 Å². The maximum absolute atomic E-state index is 14.6. The van der Waals surface area contributed by atoms with Gasteiger partial charge in [-0.25, -0.2) is 8.91 Å². The molecule has 0 atom stereocenters. The normalized spacial score (nSPS) is 13.1. The number of anilines is 3. The summed E-state index contributed by atoms with van der Waals surface area (Å²) in [7, 11) is 0. The van der Waals surface area contributed by atoms with Crippen LogP contribution in [-0.2, 0) is 0 Å². The van der Waals surface area contributed by atoms with Gasteiger partial charge in [0.1, 0.15) is 11.5 Å². The average Bonchev–Trinajstić information content (AvgIpc) is 3.94. The van der Waals surface area contributed by atoms with E-state index in [0.717, 1.165) is 74.3 Å². The molecule has 0 bridgehead atoms. The quantitative estimate of drug-likeness (QED) is 0.179. The van der Waals surface area contributed by atoms with Crippen molar-refractivity contribution in [1.82, 2.24) is 9.61 Å². The monoisotopic (exact) mass is 645 g/mol. The zero-order valence-electron chi connectivity index (χ0n) is 27.3. The van der Waals surface area contributed by atoms with Crippen LogP contribution < -0.4 is 4.90 Å². The Bertz CT molecular complexity index is 2640. The molecule has 1 aliphatic carbocycles. The summed E-state index contributed by atoms with van der Waals surface area (Å²) in [5, 5.41) is 12.1. The number of fused-ring (bicyclic) bond motifs is 5. The van der Waals surface area contributed by atoms with E-state index in [1.165, 1.54) is 21.5 Å². The zero-order valence-corrected chi connectivity index (χ0v) is 27.3. The van der Waals surface area contributed by atoms with Crippen LogP contribution in [0.5, 0.6) is 0 Å². The van der Waals surface area contributed by atoms with Crippen molar-refractivity contribution in [2.45, 2.75) is 18.8 Å². The van der Waals surface area contributed by atoms with Gasteiger partial charge in [0.2, 0.25) is 0 Å². The Hall–Kier alpha value is -6.26. The summed E-state index contributed by atoms with van der Waals surface area (Å²) in [5.74, 6) is 0.209. The molecule has 0 spiro atoms. The molecule has 0 unspecified atom stereocenters. The molecule has 0 amide bonds. The molecule has 1 aliphatic rings. The van der Waals surface area contributed by atoms with E-state index in [2.05, 4.69) is 149 Å². The van der Waals surface area contributed by atoms with E-state index in [1.54, 1.807) is 12.1 Å². The van der Waals surface area contributed by atoms with Crippen molar-refractivity contribution in [2.24, 2.45) is 0 Å². The summed E-state index contributed by atoms with van der Waals surface area (Å²) in [6.07, 6.45) is 2.25. The van der Waals surface area contributed by atoms with E-state index in [1.807, 2.05) is 12.1 Å². The van der Waals surface area contributed by atoms with E-state index in [-0.39, 0.29) is 5.82 Å². The van der Waals surface area contributed by atoms with E-state index in [0.29, 0.717) is 5.92 Å². The molecule has 3 nitrogen and oxygen atoms in total. The fourth-order valence-electron chi connectivity index (χ4n) is 7.68. The lowest BCUT2D eigenvalue weighted by molar-refractivity contribution is 0.629. The number of hydrogen-bond acceptors (Lipinski definition) is 2. The van der Waals surface area contributed by atoms with Crippen LogP contribution in [0.2, 0.25) is 0 Å². The molecule has 238 valence electrons. The second-order valence-electron chi connectivity index (χ2n) is 13.3. The minimum absolute atomic E-state index is 0.220. The molecular formula is C46H32FN3. The predicted octanol–water partition coefficient (Wildman–Crippen LogP) is 12.6. The molecule has 0 saturated heterocycles. The molecule has 0 N–H and O–H groups in total. The topological polar surface area (TPSA) is 20.5 Å². The molecule has 0 radical (unpaired) electrons. The van der Waals surface area contributed by atoms with Gasteiger partial charge in [-0.1, -0.05) is 115 Å². The highest BCUT2D eigenvalue weighted by molar-refractivity contribution is 6.08. The van der Waals surface area contributed by atoms with Crippen molar-refractivity contribution in [3.05, 3.63) is 175 Å². The van der Waals surface area contributed by atoms with Crippen LogP contribution in [0.4, 0.5) is 21.5 Å². The highest BCUT2D eigenvalue weighted by Crippen LogP contribution is 2.46. The van der Waals surface area contributed by atoms with Crippen molar-refractivity contribution in [3.8, 4) is 22.4 Å². The predicted molar refractivity (Wildman–Crippen MR) is 205 cm³/mol. The summed E-state index contributed by atoms with van der Waals surface area (Å²) in [5.41, 5.74) is 9.60. The van der Waals surface area contributed by atoms with Crippen LogP contribution in [0.1, 0.15) is 24.5 Å². The number of benzene rings is 7. The second-order valence-corrected chi connectivity index (χ2v) is 13.3. The van der Waals surface area contributed by atoms with Crippen molar-refractivity contribution in [2.75, 3.05) is 4.90 Å². The van der Waals surface area contributed by atoms with E-state index >= 15 is 0 Å². The Morgan fingerprint density at radius 3 is 1.82 bits per heavy atom. The van der Waals surface area contributed by atoms with Crippen LogP contribution in [0.25, 0.3) is 60.2 Å². The number of aromatic nitrogens is 2. The van der Waals surface area contributed by atoms with Gasteiger partial charge in [-0.2, -0.15) is 5.10 Å². The number of hydrogen-bond donors (Lipinski definition) is 0. The smallest absolute Gasteiger partial charge is 0.123 e. The van der Waals surface area contributed by atoms with Gasteiger partial charge in [0, 0.05) is 44.6 Å². The van der Waals surface area contributed by atoms with E-state index in [9.17, 15) is 4.39 Å². The van der Waals surface area contributed by atoms with Crippen LogP contribution in [0, 0.1) is 5.82 Å². The van der Waals surface area contributed by atoms with Gasteiger partial charge in [-0.15, -0.1) is 0 Å². The maximum atomic E-state index is 14.6. The average molecular weight is 646 g/mol. The Balaban J connectivity index is 1.20.